The third-order valence-corrected chi connectivity index (χ3v) is 5.10. The molecule has 2 N–H and O–H groups in total. The van der Waals surface area contributed by atoms with Crippen molar-refractivity contribution >= 4 is 17.7 Å². The summed E-state index contributed by atoms with van der Waals surface area (Å²) in [6.07, 6.45) is 3.60. The van der Waals surface area contributed by atoms with E-state index in [2.05, 4.69) is 5.32 Å². The molecule has 0 saturated heterocycles. The molecule has 0 aliphatic carbocycles. The van der Waals surface area contributed by atoms with E-state index < -0.39 is 17.9 Å². The fourth-order valence-electron chi connectivity index (χ4n) is 3.55. The maximum Gasteiger partial charge on any atom is 0.262 e. The lowest BCUT2D eigenvalue weighted by Gasteiger charge is -2.25. The number of nitrogens with one attached hydrogen (secondary N) is 1. The molecule has 1 atom stereocenters. The van der Waals surface area contributed by atoms with Crippen LogP contribution in [-0.2, 0) is 11.2 Å². The molecular weight excluding hydrogens is 368 g/mol. The third kappa shape index (κ3) is 4.90. The lowest BCUT2D eigenvalue weighted by atomic mass is 10.0. The SMILES string of the molecule is O=C(NCCCCCCO)C(Cc1ccccc1)N1C(=O)c2ccccc2C1=O. The van der Waals surface area contributed by atoms with Gasteiger partial charge in [-0.2, -0.15) is 0 Å². The normalized spacial score (nSPS) is 14.0. The summed E-state index contributed by atoms with van der Waals surface area (Å²) in [5.41, 5.74) is 1.56. The summed E-state index contributed by atoms with van der Waals surface area (Å²) in [6.45, 7) is 0.643. The lowest BCUT2D eigenvalue weighted by molar-refractivity contribution is -0.125. The van der Waals surface area contributed by atoms with Gasteiger partial charge in [0.15, 0.2) is 0 Å². The summed E-state index contributed by atoms with van der Waals surface area (Å²) in [5.74, 6) is -1.18. The van der Waals surface area contributed by atoms with Crippen molar-refractivity contribution in [2.45, 2.75) is 38.1 Å². The van der Waals surface area contributed by atoms with Crippen LogP contribution in [0.15, 0.2) is 54.6 Å². The van der Waals surface area contributed by atoms with Crippen LogP contribution in [-0.4, -0.2) is 46.9 Å². The molecule has 0 radical (unpaired) electrons. The first-order valence-corrected chi connectivity index (χ1v) is 10.0. The molecule has 1 aliphatic rings. The Morgan fingerprint density at radius 2 is 1.45 bits per heavy atom. The Morgan fingerprint density at radius 3 is 2.07 bits per heavy atom. The predicted octanol–water partition coefficient (Wildman–Crippen LogP) is 2.56. The van der Waals surface area contributed by atoms with Crippen LogP contribution in [0, 0.1) is 0 Å². The minimum atomic E-state index is -0.901. The lowest BCUT2D eigenvalue weighted by Crippen LogP contribution is -2.50. The Morgan fingerprint density at radius 1 is 0.862 bits per heavy atom. The van der Waals surface area contributed by atoms with Crippen LogP contribution in [0.4, 0.5) is 0 Å². The molecule has 0 bridgehead atoms. The number of aliphatic hydroxyl groups excluding tert-OH is 1. The smallest absolute Gasteiger partial charge is 0.262 e. The van der Waals surface area contributed by atoms with Gasteiger partial charge in [0.1, 0.15) is 6.04 Å². The second-order valence-electron chi connectivity index (χ2n) is 7.16. The molecule has 2 aromatic carbocycles. The van der Waals surface area contributed by atoms with Gasteiger partial charge in [0.2, 0.25) is 5.91 Å². The number of imide groups is 1. The molecule has 3 amide bonds. The van der Waals surface area contributed by atoms with Crippen molar-refractivity contribution < 1.29 is 19.5 Å². The number of fused-ring (bicyclic) bond motifs is 1. The van der Waals surface area contributed by atoms with E-state index in [1.165, 1.54) is 0 Å². The highest BCUT2D eigenvalue weighted by Crippen LogP contribution is 2.26. The number of amides is 3. The number of carbonyl (C=O) groups excluding carboxylic acids is 3. The van der Waals surface area contributed by atoms with Crippen LogP contribution >= 0.6 is 0 Å². The number of carbonyl (C=O) groups is 3. The van der Waals surface area contributed by atoms with Gasteiger partial charge in [-0.05, 0) is 30.5 Å². The van der Waals surface area contributed by atoms with E-state index in [0.717, 1.165) is 36.1 Å². The van der Waals surface area contributed by atoms with E-state index >= 15 is 0 Å². The van der Waals surface area contributed by atoms with Crippen LogP contribution in [0.3, 0.4) is 0 Å². The van der Waals surface area contributed by atoms with Gasteiger partial charge in [0.25, 0.3) is 11.8 Å². The maximum absolute atomic E-state index is 13.0. The maximum atomic E-state index is 13.0. The minimum Gasteiger partial charge on any atom is -0.396 e. The summed E-state index contributed by atoms with van der Waals surface area (Å²) in [5, 5.41) is 11.7. The molecule has 0 fully saturated rings. The van der Waals surface area contributed by atoms with Gasteiger partial charge < -0.3 is 10.4 Å². The topological polar surface area (TPSA) is 86.7 Å². The van der Waals surface area contributed by atoms with Crippen molar-refractivity contribution in [1.29, 1.82) is 0 Å². The molecule has 6 nitrogen and oxygen atoms in total. The number of hydrogen-bond acceptors (Lipinski definition) is 4. The molecule has 29 heavy (non-hydrogen) atoms. The first-order valence-electron chi connectivity index (χ1n) is 10.0. The molecule has 2 aromatic rings. The number of aliphatic hydroxyl groups is 1. The molecular formula is C23H26N2O4. The number of benzene rings is 2. The van der Waals surface area contributed by atoms with Gasteiger partial charge in [-0.15, -0.1) is 0 Å². The van der Waals surface area contributed by atoms with E-state index in [9.17, 15) is 14.4 Å². The molecule has 0 spiro atoms. The van der Waals surface area contributed by atoms with Crippen molar-refractivity contribution in [3.05, 3.63) is 71.3 Å². The summed E-state index contributed by atoms with van der Waals surface area (Å²) in [7, 11) is 0. The van der Waals surface area contributed by atoms with E-state index in [1.54, 1.807) is 24.3 Å². The fourth-order valence-corrected chi connectivity index (χ4v) is 3.55. The Labute approximate surface area is 170 Å². The van der Waals surface area contributed by atoms with E-state index in [4.69, 9.17) is 5.11 Å². The fraction of sp³-hybridized carbons (Fsp3) is 0.348. The number of hydrogen-bond donors (Lipinski definition) is 2. The molecule has 0 aromatic heterocycles. The quantitative estimate of drug-likeness (QED) is 0.479. The zero-order valence-electron chi connectivity index (χ0n) is 16.3. The first kappa shape index (κ1) is 20.7. The highest BCUT2D eigenvalue weighted by molar-refractivity contribution is 6.22. The highest BCUT2D eigenvalue weighted by atomic mass is 16.3. The van der Waals surface area contributed by atoms with Crippen molar-refractivity contribution in [3.63, 3.8) is 0 Å². The molecule has 6 heteroatoms. The van der Waals surface area contributed by atoms with Crippen LogP contribution in [0.2, 0.25) is 0 Å². The molecule has 1 unspecified atom stereocenters. The Hall–Kier alpha value is -2.99. The van der Waals surface area contributed by atoms with Gasteiger partial charge in [-0.3, -0.25) is 19.3 Å². The zero-order valence-corrected chi connectivity index (χ0v) is 16.3. The molecule has 1 heterocycles. The van der Waals surface area contributed by atoms with Gasteiger partial charge >= 0.3 is 0 Å². The predicted molar refractivity (Wildman–Crippen MR) is 109 cm³/mol. The van der Waals surface area contributed by atoms with Crippen LogP contribution in [0.5, 0.6) is 0 Å². The number of unbranched alkanes of at least 4 members (excludes halogenated alkanes) is 3. The van der Waals surface area contributed by atoms with Crippen molar-refractivity contribution in [2.24, 2.45) is 0 Å². The summed E-state index contributed by atoms with van der Waals surface area (Å²) in [4.78, 5) is 39.9. The largest absolute Gasteiger partial charge is 0.396 e. The Balaban J connectivity index is 1.74. The zero-order chi connectivity index (χ0) is 20.6. The standard InChI is InChI=1S/C23H26N2O4/c26-15-9-2-1-8-14-24-21(27)20(16-17-10-4-3-5-11-17)25-22(28)18-12-6-7-13-19(18)23(25)29/h3-7,10-13,20,26H,1-2,8-9,14-16H2,(H,24,27). The second kappa shape index (κ2) is 9.98. The third-order valence-electron chi connectivity index (χ3n) is 5.10. The van der Waals surface area contributed by atoms with Crippen molar-refractivity contribution in [1.82, 2.24) is 10.2 Å². The average Bonchev–Trinajstić information content (AvgIpc) is 3.00. The molecule has 152 valence electrons. The van der Waals surface area contributed by atoms with Crippen LogP contribution < -0.4 is 5.32 Å². The van der Waals surface area contributed by atoms with Crippen LogP contribution in [0.25, 0.3) is 0 Å². The summed E-state index contributed by atoms with van der Waals surface area (Å²) < 4.78 is 0. The number of rotatable bonds is 10. The summed E-state index contributed by atoms with van der Waals surface area (Å²) >= 11 is 0. The van der Waals surface area contributed by atoms with E-state index in [1.807, 2.05) is 30.3 Å². The van der Waals surface area contributed by atoms with Crippen molar-refractivity contribution in [2.75, 3.05) is 13.2 Å². The van der Waals surface area contributed by atoms with Gasteiger partial charge in [-0.25, -0.2) is 0 Å². The molecule has 3 rings (SSSR count). The van der Waals surface area contributed by atoms with Gasteiger partial charge in [-0.1, -0.05) is 55.3 Å². The highest BCUT2D eigenvalue weighted by Gasteiger charge is 2.42. The molecule has 1 aliphatic heterocycles. The second-order valence-corrected chi connectivity index (χ2v) is 7.16. The summed E-state index contributed by atoms with van der Waals surface area (Å²) in [6, 6.07) is 15.2. The average molecular weight is 394 g/mol. The number of nitrogens with zero attached hydrogens (tertiary/aromatic N) is 1. The molecule has 0 saturated carbocycles. The van der Waals surface area contributed by atoms with Crippen LogP contribution in [0.1, 0.15) is 52.0 Å². The monoisotopic (exact) mass is 394 g/mol. The first-order chi connectivity index (χ1) is 14.1. The van der Waals surface area contributed by atoms with E-state index in [0.29, 0.717) is 17.7 Å². The van der Waals surface area contributed by atoms with Gasteiger partial charge in [0.05, 0.1) is 11.1 Å². The van der Waals surface area contributed by atoms with Gasteiger partial charge in [0, 0.05) is 19.6 Å². The minimum absolute atomic E-state index is 0.172. The Bertz CT molecular complexity index is 831. The van der Waals surface area contributed by atoms with Crippen molar-refractivity contribution in [3.8, 4) is 0 Å². The Kier molecular flexibility index (Phi) is 7.14. The van der Waals surface area contributed by atoms with E-state index in [-0.39, 0.29) is 18.9 Å².